The van der Waals surface area contributed by atoms with Gasteiger partial charge in [0, 0.05) is 18.4 Å². The molecule has 1 aliphatic carbocycles. The van der Waals surface area contributed by atoms with E-state index >= 15 is 0 Å². The van der Waals surface area contributed by atoms with Gasteiger partial charge < -0.3 is 5.32 Å². The van der Waals surface area contributed by atoms with Crippen molar-refractivity contribution in [3.63, 3.8) is 0 Å². The summed E-state index contributed by atoms with van der Waals surface area (Å²) in [6, 6.07) is 10.5. The fraction of sp³-hybridized carbons (Fsp3) is 0.400. The molecule has 1 amide bonds. The van der Waals surface area contributed by atoms with E-state index in [1.807, 2.05) is 18.2 Å². The van der Waals surface area contributed by atoms with Crippen molar-refractivity contribution in [3.05, 3.63) is 47.5 Å². The molecule has 1 heterocycles. The van der Waals surface area contributed by atoms with Crippen molar-refractivity contribution in [3.8, 4) is 0 Å². The van der Waals surface area contributed by atoms with Gasteiger partial charge in [0.1, 0.15) is 5.82 Å². The van der Waals surface area contributed by atoms with Crippen molar-refractivity contribution >= 4 is 5.91 Å². The van der Waals surface area contributed by atoms with Crippen molar-refractivity contribution in [1.82, 2.24) is 20.5 Å². The first-order chi connectivity index (χ1) is 9.78. The summed E-state index contributed by atoms with van der Waals surface area (Å²) in [5.74, 6) is 1.25. The van der Waals surface area contributed by atoms with Gasteiger partial charge in [0.15, 0.2) is 0 Å². The Labute approximate surface area is 117 Å². The van der Waals surface area contributed by atoms with Gasteiger partial charge in [0.05, 0.1) is 0 Å². The number of hydrogen-bond acceptors (Lipinski definition) is 3. The van der Waals surface area contributed by atoms with Crippen molar-refractivity contribution in [2.75, 3.05) is 0 Å². The molecule has 2 unspecified atom stereocenters. The van der Waals surface area contributed by atoms with Gasteiger partial charge in [-0.1, -0.05) is 37.3 Å². The first kappa shape index (κ1) is 12.8. The number of nitrogens with one attached hydrogen (secondary N) is 2. The molecule has 1 fully saturated rings. The Bertz CT molecular complexity index is 593. The first-order valence-electron chi connectivity index (χ1n) is 7.05. The summed E-state index contributed by atoms with van der Waals surface area (Å²) in [5, 5.41) is 9.76. The third kappa shape index (κ3) is 2.71. The quantitative estimate of drug-likeness (QED) is 0.873. The number of amides is 1. The average molecular weight is 270 g/mol. The van der Waals surface area contributed by atoms with Gasteiger partial charge in [-0.05, 0) is 18.4 Å². The normalized spacial score (nSPS) is 20.6. The molecule has 104 valence electrons. The fourth-order valence-electron chi connectivity index (χ4n) is 2.40. The summed E-state index contributed by atoms with van der Waals surface area (Å²) < 4.78 is 0. The van der Waals surface area contributed by atoms with Crippen LogP contribution >= 0.6 is 0 Å². The zero-order chi connectivity index (χ0) is 13.9. The number of carbonyl (C=O) groups excluding carboxylic acids is 1. The Balaban J connectivity index is 1.58. The van der Waals surface area contributed by atoms with Gasteiger partial charge >= 0.3 is 0 Å². The Morgan fingerprint density at radius 3 is 2.95 bits per heavy atom. The smallest absolute Gasteiger partial charge is 0.291 e. The lowest BCUT2D eigenvalue weighted by Gasteiger charge is -2.01. The highest BCUT2D eigenvalue weighted by atomic mass is 16.2. The Morgan fingerprint density at radius 2 is 2.20 bits per heavy atom. The van der Waals surface area contributed by atoms with Crippen LogP contribution in [-0.2, 0) is 6.42 Å². The predicted octanol–water partition coefficient (Wildman–Crippen LogP) is 2.04. The van der Waals surface area contributed by atoms with Crippen LogP contribution in [0.4, 0.5) is 0 Å². The molecule has 2 aromatic rings. The van der Waals surface area contributed by atoms with E-state index in [0.29, 0.717) is 5.92 Å². The molecule has 3 rings (SSSR count). The predicted molar refractivity (Wildman–Crippen MR) is 75.4 cm³/mol. The maximum absolute atomic E-state index is 12.0. The highest BCUT2D eigenvalue weighted by molar-refractivity contribution is 5.90. The Morgan fingerprint density at radius 1 is 1.40 bits per heavy atom. The van der Waals surface area contributed by atoms with E-state index in [1.165, 1.54) is 5.56 Å². The number of aryl methyl sites for hydroxylation is 1. The number of carbonyl (C=O) groups is 1. The van der Waals surface area contributed by atoms with Gasteiger partial charge in [0.25, 0.3) is 5.91 Å². The van der Waals surface area contributed by atoms with Gasteiger partial charge in [-0.3, -0.25) is 9.89 Å². The van der Waals surface area contributed by atoms with Crippen LogP contribution in [0.1, 0.15) is 47.7 Å². The number of benzene rings is 1. The van der Waals surface area contributed by atoms with Crippen molar-refractivity contribution in [2.45, 2.75) is 38.1 Å². The molecule has 5 heteroatoms. The highest BCUT2D eigenvalue weighted by Crippen LogP contribution is 2.40. The largest absolute Gasteiger partial charge is 0.346 e. The number of rotatable bonds is 5. The van der Waals surface area contributed by atoms with Crippen LogP contribution in [0.15, 0.2) is 30.3 Å². The lowest BCUT2D eigenvalue weighted by atomic mass is 10.1. The van der Waals surface area contributed by atoms with E-state index in [2.05, 4.69) is 39.6 Å². The molecular weight excluding hydrogens is 252 g/mol. The molecule has 1 aromatic carbocycles. The van der Waals surface area contributed by atoms with E-state index in [-0.39, 0.29) is 17.8 Å². The van der Waals surface area contributed by atoms with E-state index < -0.39 is 0 Å². The van der Waals surface area contributed by atoms with Crippen LogP contribution in [0.5, 0.6) is 0 Å². The van der Waals surface area contributed by atoms with Gasteiger partial charge in [-0.2, -0.15) is 0 Å². The summed E-state index contributed by atoms with van der Waals surface area (Å²) in [6.45, 7) is 2.07. The molecule has 20 heavy (non-hydrogen) atoms. The molecule has 1 aromatic heterocycles. The molecule has 5 nitrogen and oxygen atoms in total. The maximum atomic E-state index is 12.0. The molecule has 0 saturated heterocycles. The summed E-state index contributed by atoms with van der Waals surface area (Å²) in [5.41, 5.74) is 1.28. The third-order valence-corrected chi connectivity index (χ3v) is 3.56. The summed E-state index contributed by atoms with van der Waals surface area (Å²) in [6.07, 6.45) is 2.79. The zero-order valence-electron chi connectivity index (χ0n) is 11.5. The van der Waals surface area contributed by atoms with Gasteiger partial charge in [-0.25, -0.2) is 4.98 Å². The topological polar surface area (TPSA) is 70.7 Å². The Kier molecular flexibility index (Phi) is 3.50. The van der Waals surface area contributed by atoms with Crippen molar-refractivity contribution < 1.29 is 4.79 Å². The van der Waals surface area contributed by atoms with E-state index in [0.717, 1.165) is 25.1 Å². The molecule has 0 aliphatic heterocycles. The van der Waals surface area contributed by atoms with Crippen LogP contribution in [0.25, 0.3) is 0 Å². The molecule has 0 bridgehead atoms. The van der Waals surface area contributed by atoms with E-state index in [1.54, 1.807) is 0 Å². The second-order valence-corrected chi connectivity index (χ2v) is 5.19. The van der Waals surface area contributed by atoms with Gasteiger partial charge in [0.2, 0.25) is 5.82 Å². The van der Waals surface area contributed by atoms with Crippen LogP contribution in [0.3, 0.4) is 0 Å². The van der Waals surface area contributed by atoms with Crippen LogP contribution < -0.4 is 5.32 Å². The van der Waals surface area contributed by atoms with Crippen molar-refractivity contribution in [1.29, 1.82) is 0 Å². The zero-order valence-corrected chi connectivity index (χ0v) is 11.5. The minimum Gasteiger partial charge on any atom is -0.346 e. The molecule has 1 saturated carbocycles. The molecule has 2 atom stereocenters. The molecule has 0 radical (unpaired) electrons. The first-order valence-corrected chi connectivity index (χ1v) is 7.05. The SMILES string of the molecule is CCCc1nc(C(=O)NC2CC2c2ccccc2)n[nH]1. The lowest BCUT2D eigenvalue weighted by molar-refractivity contribution is 0.0940. The third-order valence-electron chi connectivity index (χ3n) is 3.56. The van der Waals surface area contributed by atoms with Crippen LogP contribution in [-0.4, -0.2) is 27.1 Å². The van der Waals surface area contributed by atoms with Crippen molar-refractivity contribution in [2.24, 2.45) is 0 Å². The summed E-state index contributed by atoms with van der Waals surface area (Å²) in [7, 11) is 0. The number of H-pyrrole nitrogens is 1. The second kappa shape index (κ2) is 5.45. The fourth-order valence-corrected chi connectivity index (χ4v) is 2.40. The van der Waals surface area contributed by atoms with E-state index in [4.69, 9.17) is 0 Å². The molecule has 1 aliphatic rings. The summed E-state index contributed by atoms with van der Waals surface area (Å²) in [4.78, 5) is 16.2. The highest BCUT2D eigenvalue weighted by Gasteiger charge is 2.39. The standard InChI is InChI=1S/C15H18N4O/c1-2-6-13-17-14(19-18-13)15(20)16-12-9-11(12)10-7-4-3-5-8-10/h3-5,7-8,11-12H,2,6,9H2,1H3,(H,16,20)(H,17,18,19). The Hall–Kier alpha value is -2.17. The minimum atomic E-state index is -0.188. The van der Waals surface area contributed by atoms with E-state index in [9.17, 15) is 4.79 Å². The second-order valence-electron chi connectivity index (χ2n) is 5.19. The van der Waals surface area contributed by atoms with Gasteiger partial charge in [-0.15, -0.1) is 5.10 Å². The maximum Gasteiger partial charge on any atom is 0.291 e. The minimum absolute atomic E-state index is 0.188. The molecule has 2 N–H and O–H groups in total. The molecular formula is C15H18N4O. The number of aromatic amines is 1. The lowest BCUT2D eigenvalue weighted by Crippen LogP contribution is -2.27. The number of hydrogen-bond donors (Lipinski definition) is 2. The summed E-state index contributed by atoms with van der Waals surface area (Å²) >= 11 is 0. The number of nitrogens with zero attached hydrogens (tertiary/aromatic N) is 2. The van der Waals surface area contributed by atoms with Crippen LogP contribution in [0.2, 0.25) is 0 Å². The average Bonchev–Trinajstić information content (AvgIpc) is 3.07. The number of aromatic nitrogens is 3. The molecule has 0 spiro atoms. The monoisotopic (exact) mass is 270 g/mol. The van der Waals surface area contributed by atoms with Crippen LogP contribution in [0, 0.1) is 0 Å².